The maximum atomic E-state index is 13.4. The number of benzene rings is 2. The Hall–Kier alpha value is -1.92. The molecule has 0 aromatic heterocycles. The van der Waals surface area contributed by atoms with E-state index < -0.39 is 0 Å². The van der Waals surface area contributed by atoms with Gasteiger partial charge in [0.2, 0.25) is 5.91 Å². The van der Waals surface area contributed by atoms with Crippen LogP contribution in [0, 0.1) is 0 Å². The fraction of sp³-hybridized carbons (Fsp3) is 0.458. The highest BCUT2D eigenvalue weighted by atomic mass is 35.5. The third-order valence-corrected chi connectivity index (χ3v) is 6.33. The second kappa shape index (κ2) is 10.4. The van der Waals surface area contributed by atoms with Crippen molar-refractivity contribution in [3.8, 4) is 0 Å². The maximum absolute atomic E-state index is 13.4. The molecule has 4 rings (SSSR count). The molecular weight excluding hydrogens is 398 g/mol. The van der Waals surface area contributed by atoms with E-state index in [-0.39, 0.29) is 18.0 Å². The first-order chi connectivity index (χ1) is 14.7. The van der Waals surface area contributed by atoms with Gasteiger partial charge in [-0.2, -0.15) is 0 Å². The Bertz CT molecular complexity index is 803. The van der Waals surface area contributed by atoms with Crippen LogP contribution in [0.15, 0.2) is 54.6 Å². The molecule has 0 spiro atoms. The lowest BCUT2D eigenvalue weighted by molar-refractivity contribution is -0.126. The van der Waals surface area contributed by atoms with E-state index in [2.05, 4.69) is 39.4 Å². The first-order valence-electron chi connectivity index (χ1n) is 10.9. The van der Waals surface area contributed by atoms with Gasteiger partial charge in [0.1, 0.15) is 6.04 Å². The molecule has 2 aromatic carbocycles. The first kappa shape index (κ1) is 21.3. The molecule has 2 aliphatic rings. The molecule has 2 aliphatic heterocycles. The fourth-order valence-corrected chi connectivity index (χ4v) is 4.61. The number of nitrogens with zero attached hydrogens (tertiary/aromatic N) is 2. The summed E-state index contributed by atoms with van der Waals surface area (Å²) >= 11 is 6.10. The molecule has 2 aromatic rings. The summed E-state index contributed by atoms with van der Waals surface area (Å²) in [5, 5.41) is 4.00. The van der Waals surface area contributed by atoms with Gasteiger partial charge in [-0.05, 0) is 49.2 Å². The van der Waals surface area contributed by atoms with Crippen molar-refractivity contribution < 1.29 is 9.53 Å². The van der Waals surface area contributed by atoms with Crippen LogP contribution in [-0.2, 0) is 9.53 Å². The van der Waals surface area contributed by atoms with Crippen molar-refractivity contribution in [1.29, 1.82) is 0 Å². The smallest absolute Gasteiger partial charge is 0.242 e. The van der Waals surface area contributed by atoms with E-state index in [1.165, 1.54) is 5.56 Å². The summed E-state index contributed by atoms with van der Waals surface area (Å²) in [5.41, 5.74) is 2.23. The highest BCUT2D eigenvalue weighted by Gasteiger charge is 2.31. The van der Waals surface area contributed by atoms with Gasteiger partial charge in [0.25, 0.3) is 0 Å². The number of nitrogens with one attached hydrogen (secondary N) is 1. The Morgan fingerprint density at radius 3 is 2.23 bits per heavy atom. The summed E-state index contributed by atoms with van der Waals surface area (Å²) in [4.78, 5) is 18.1. The lowest BCUT2D eigenvalue weighted by Crippen LogP contribution is -2.46. The number of likely N-dealkylation sites (tertiary alicyclic amines) is 1. The van der Waals surface area contributed by atoms with Crippen molar-refractivity contribution >= 4 is 17.5 Å². The molecule has 0 aliphatic carbocycles. The molecule has 2 heterocycles. The molecule has 6 heteroatoms. The number of carbonyl (C=O) groups is 1. The molecular formula is C24H30ClN3O2. The van der Waals surface area contributed by atoms with E-state index in [1.54, 1.807) is 0 Å². The second-order valence-corrected chi connectivity index (χ2v) is 8.45. The van der Waals surface area contributed by atoms with Crippen molar-refractivity contribution in [2.45, 2.75) is 24.9 Å². The number of hydrogen-bond acceptors (Lipinski definition) is 4. The Balaban J connectivity index is 1.50. The summed E-state index contributed by atoms with van der Waals surface area (Å²) in [7, 11) is 0. The molecule has 1 N–H and O–H groups in total. The van der Waals surface area contributed by atoms with E-state index in [4.69, 9.17) is 16.3 Å². The quantitative estimate of drug-likeness (QED) is 0.732. The molecule has 160 valence electrons. The average molecular weight is 428 g/mol. The lowest BCUT2D eigenvalue weighted by Gasteiger charge is -2.35. The Morgan fingerprint density at radius 1 is 0.900 bits per heavy atom. The van der Waals surface area contributed by atoms with Gasteiger partial charge >= 0.3 is 0 Å². The highest BCUT2D eigenvalue weighted by Crippen LogP contribution is 2.27. The zero-order valence-electron chi connectivity index (χ0n) is 17.3. The number of morpholine rings is 1. The SMILES string of the molecule is O=C(NCC(c1ccc(Cl)cc1)N1CCOCC1)C(c1ccccc1)N1CCCC1. The van der Waals surface area contributed by atoms with Crippen molar-refractivity contribution in [3.05, 3.63) is 70.7 Å². The third-order valence-electron chi connectivity index (χ3n) is 6.08. The zero-order valence-corrected chi connectivity index (χ0v) is 18.1. The van der Waals surface area contributed by atoms with Gasteiger partial charge in [0.05, 0.1) is 19.3 Å². The van der Waals surface area contributed by atoms with Crippen LogP contribution >= 0.6 is 11.6 Å². The predicted octanol–water partition coefficient (Wildman–Crippen LogP) is 3.67. The fourth-order valence-electron chi connectivity index (χ4n) is 4.49. The summed E-state index contributed by atoms with van der Waals surface area (Å²) in [5.74, 6) is 0.0790. The highest BCUT2D eigenvalue weighted by molar-refractivity contribution is 6.30. The third kappa shape index (κ3) is 5.22. The van der Waals surface area contributed by atoms with Crippen LogP contribution in [0.2, 0.25) is 5.02 Å². The topological polar surface area (TPSA) is 44.8 Å². The van der Waals surface area contributed by atoms with Crippen LogP contribution in [0.4, 0.5) is 0 Å². The van der Waals surface area contributed by atoms with Gasteiger partial charge < -0.3 is 10.1 Å². The molecule has 0 radical (unpaired) electrons. The van der Waals surface area contributed by atoms with E-state index in [0.29, 0.717) is 6.54 Å². The molecule has 2 atom stereocenters. The molecule has 5 nitrogen and oxygen atoms in total. The van der Waals surface area contributed by atoms with Crippen molar-refractivity contribution in [2.75, 3.05) is 45.9 Å². The minimum absolute atomic E-state index is 0.0790. The molecule has 2 unspecified atom stereocenters. The first-order valence-corrected chi connectivity index (χ1v) is 11.2. The van der Waals surface area contributed by atoms with Gasteiger partial charge in [-0.25, -0.2) is 0 Å². The van der Waals surface area contributed by atoms with E-state index in [9.17, 15) is 4.79 Å². The summed E-state index contributed by atoms with van der Waals surface area (Å²) in [6.07, 6.45) is 2.30. The molecule has 2 saturated heterocycles. The van der Waals surface area contributed by atoms with Gasteiger partial charge in [0, 0.05) is 24.7 Å². The summed E-state index contributed by atoms with van der Waals surface area (Å²) in [6.45, 7) is 5.66. The zero-order chi connectivity index (χ0) is 20.8. The number of carbonyl (C=O) groups excluding carboxylic acids is 1. The molecule has 2 fully saturated rings. The van der Waals surface area contributed by atoms with Crippen LogP contribution in [-0.4, -0.2) is 61.6 Å². The molecule has 0 saturated carbocycles. The van der Waals surface area contributed by atoms with Crippen molar-refractivity contribution in [2.24, 2.45) is 0 Å². The van der Waals surface area contributed by atoms with E-state index >= 15 is 0 Å². The molecule has 0 bridgehead atoms. The van der Waals surface area contributed by atoms with E-state index in [0.717, 1.165) is 62.8 Å². The van der Waals surface area contributed by atoms with Gasteiger partial charge in [0.15, 0.2) is 0 Å². The Kier molecular flexibility index (Phi) is 7.39. The maximum Gasteiger partial charge on any atom is 0.242 e. The summed E-state index contributed by atoms with van der Waals surface area (Å²) < 4.78 is 5.54. The number of rotatable bonds is 7. The van der Waals surface area contributed by atoms with Crippen molar-refractivity contribution in [3.63, 3.8) is 0 Å². The van der Waals surface area contributed by atoms with Crippen LogP contribution < -0.4 is 5.32 Å². The van der Waals surface area contributed by atoms with Crippen LogP contribution in [0.5, 0.6) is 0 Å². The van der Waals surface area contributed by atoms with Crippen molar-refractivity contribution in [1.82, 2.24) is 15.1 Å². The largest absolute Gasteiger partial charge is 0.379 e. The second-order valence-electron chi connectivity index (χ2n) is 8.02. The van der Waals surface area contributed by atoms with Gasteiger partial charge in [-0.1, -0.05) is 54.1 Å². The number of hydrogen-bond donors (Lipinski definition) is 1. The standard InChI is InChI=1S/C24H30ClN3O2/c25-21-10-8-19(9-11-21)22(27-14-16-30-17-15-27)18-26-24(29)23(28-12-4-5-13-28)20-6-2-1-3-7-20/h1-3,6-11,22-23H,4-5,12-18H2,(H,26,29). The minimum Gasteiger partial charge on any atom is -0.379 e. The number of ether oxygens (including phenoxy) is 1. The Morgan fingerprint density at radius 2 is 1.57 bits per heavy atom. The molecule has 1 amide bonds. The van der Waals surface area contributed by atoms with E-state index in [1.807, 2.05) is 30.3 Å². The lowest BCUT2D eigenvalue weighted by atomic mass is 10.0. The number of halogens is 1. The van der Waals surface area contributed by atoms with Gasteiger partial charge in [-0.15, -0.1) is 0 Å². The molecule has 30 heavy (non-hydrogen) atoms. The monoisotopic (exact) mass is 427 g/mol. The number of amides is 1. The Labute approximate surface area is 184 Å². The normalized spacial score (nSPS) is 20.0. The van der Waals surface area contributed by atoms with Crippen LogP contribution in [0.1, 0.15) is 36.1 Å². The predicted molar refractivity (Wildman–Crippen MR) is 120 cm³/mol. The van der Waals surface area contributed by atoms with Crippen LogP contribution in [0.25, 0.3) is 0 Å². The summed E-state index contributed by atoms with van der Waals surface area (Å²) in [6, 6.07) is 18.0. The minimum atomic E-state index is -0.232. The average Bonchev–Trinajstić information content (AvgIpc) is 3.31. The van der Waals surface area contributed by atoms with Crippen LogP contribution in [0.3, 0.4) is 0 Å². The van der Waals surface area contributed by atoms with Gasteiger partial charge in [-0.3, -0.25) is 14.6 Å².